The first-order chi connectivity index (χ1) is 13.6. The van der Waals surface area contributed by atoms with Gasteiger partial charge < -0.3 is 0 Å². The molecule has 0 aliphatic heterocycles. The maximum atomic E-state index is 14.0. The molecule has 140 valence electrons. The summed E-state index contributed by atoms with van der Waals surface area (Å²) in [5, 5.41) is 0. The van der Waals surface area contributed by atoms with Crippen molar-refractivity contribution >= 4 is 11.4 Å². The molecule has 0 heterocycles. The van der Waals surface area contributed by atoms with Gasteiger partial charge in [0.1, 0.15) is 0 Å². The molecule has 1 heteroatoms. The lowest BCUT2D eigenvalue weighted by molar-refractivity contribution is -0.146. The van der Waals surface area contributed by atoms with E-state index in [2.05, 4.69) is 86.7 Å². The quantitative estimate of drug-likeness (QED) is 0.611. The molecule has 0 unspecified atom stereocenters. The lowest BCUT2D eigenvalue weighted by Gasteiger charge is -2.67. The molecule has 5 aliphatic carbocycles. The van der Waals surface area contributed by atoms with Crippen LogP contribution in [0.15, 0.2) is 78.4 Å². The largest absolute Gasteiger partial charge is 0.294 e. The van der Waals surface area contributed by atoms with E-state index in [1.807, 2.05) is 0 Å². The molecule has 2 bridgehead atoms. The number of hydrogen-bond donors (Lipinski definition) is 0. The van der Waals surface area contributed by atoms with Crippen molar-refractivity contribution in [2.75, 3.05) is 0 Å². The van der Waals surface area contributed by atoms with E-state index in [4.69, 9.17) is 0 Å². The normalized spacial score (nSPS) is 40.3. The van der Waals surface area contributed by atoms with Gasteiger partial charge >= 0.3 is 0 Å². The third kappa shape index (κ3) is 1.61. The Kier molecular flexibility index (Phi) is 3.16. The Bertz CT molecular complexity index is 1030. The number of carbonyl (C=O) groups excluding carboxylic acids is 1. The van der Waals surface area contributed by atoms with Crippen LogP contribution >= 0.6 is 0 Å². The van der Waals surface area contributed by atoms with Crippen molar-refractivity contribution < 1.29 is 4.79 Å². The Hall–Kier alpha value is -2.41. The number of hydrogen-bond acceptors (Lipinski definition) is 1. The number of ketones is 1. The summed E-state index contributed by atoms with van der Waals surface area (Å²) in [7, 11) is 0. The van der Waals surface area contributed by atoms with Gasteiger partial charge in [-0.2, -0.15) is 0 Å². The Labute approximate surface area is 167 Å². The van der Waals surface area contributed by atoms with Crippen molar-refractivity contribution in [2.45, 2.75) is 32.1 Å². The van der Waals surface area contributed by atoms with E-state index in [1.54, 1.807) is 0 Å². The van der Waals surface area contributed by atoms with Gasteiger partial charge in [-0.3, -0.25) is 4.79 Å². The lowest BCUT2D eigenvalue weighted by atomic mass is 9.34. The monoisotopic (exact) mass is 366 g/mol. The van der Waals surface area contributed by atoms with Crippen molar-refractivity contribution in [3.63, 3.8) is 0 Å². The highest BCUT2D eigenvalue weighted by molar-refractivity contribution is 6.15. The molecule has 0 saturated heterocycles. The van der Waals surface area contributed by atoms with Crippen LogP contribution in [-0.2, 0) is 10.2 Å². The van der Waals surface area contributed by atoms with E-state index in [0.717, 1.165) is 5.57 Å². The maximum absolute atomic E-state index is 14.0. The summed E-state index contributed by atoms with van der Waals surface area (Å²) in [6.07, 6.45) is 7.47. The van der Waals surface area contributed by atoms with Gasteiger partial charge in [-0.1, -0.05) is 79.7 Å². The molecule has 1 nitrogen and oxygen atoms in total. The second-order valence-electron chi connectivity index (χ2n) is 9.41. The standard InChI is InChI=1S/C27H26O/c1-17-24(18-9-5-3-6-10-18)27(19-11-7-4-8-12-19)23-16-15-22(20-13-14-21(20)23)26(27,2)25(17)28/h3-12,15-16,20-23H,13-14H2,1-2H3/t20-,21-,22+,23-,26+,27+/m0/s1. The number of allylic oxidation sites excluding steroid dienone is 4. The maximum Gasteiger partial charge on any atom is 0.166 e. The van der Waals surface area contributed by atoms with E-state index < -0.39 is 0 Å². The van der Waals surface area contributed by atoms with Gasteiger partial charge in [0.2, 0.25) is 0 Å². The van der Waals surface area contributed by atoms with E-state index in [-0.39, 0.29) is 10.8 Å². The lowest BCUT2D eigenvalue weighted by Crippen LogP contribution is -2.66. The molecule has 0 N–H and O–H groups in total. The summed E-state index contributed by atoms with van der Waals surface area (Å²) in [5.41, 5.74) is 4.18. The molecule has 7 rings (SSSR count). The van der Waals surface area contributed by atoms with Crippen LogP contribution in [0.1, 0.15) is 37.8 Å². The number of benzene rings is 2. The van der Waals surface area contributed by atoms with Crippen molar-refractivity contribution in [3.8, 4) is 0 Å². The van der Waals surface area contributed by atoms with E-state index >= 15 is 0 Å². The van der Waals surface area contributed by atoms with Crippen molar-refractivity contribution in [1.82, 2.24) is 0 Å². The van der Waals surface area contributed by atoms with Gasteiger partial charge in [0.15, 0.2) is 5.78 Å². The minimum atomic E-state index is -0.384. The molecule has 0 spiro atoms. The Morgan fingerprint density at radius 2 is 1.39 bits per heavy atom. The van der Waals surface area contributed by atoms with E-state index in [1.165, 1.54) is 29.5 Å². The molecule has 0 radical (unpaired) electrons. The molecule has 2 fully saturated rings. The second kappa shape index (κ2) is 5.35. The topological polar surface area (TPSA) is 17.1 Å². The van der Waals surface area contributed by atoms with Crippen molar-refractivity contribution in [3.05, 3.63) is 89.5 Å². The van der Waals surface area contributed by atoms with Crippen molar-refractivity contribution in [1.29, 1.82) is 0 Å². The molecule has 6 atom stereocenters. The highest BCUT2D eigenvalue weighted by Gasteiger charge is 2.74. The van der Waals surface area contributed by atoms with Gasteiger partial charge in [-0.25, -0.2) is 0 Å². The zero-order valence-corrected chi connectivity index (χ0v) is 16.6. The smallest absolute Gasteiger partial charge is 0.166 e. The molecule has 2 aromatic rings. The third-order valence-corrected chi connectivity index (χ3v) is 8.69. The molecule has 28 heavy (non-hydrogen) atoms. The third-order valence-electron chi connectivity index (χ3n) is 8.69. The van der Waals surface area contributed by atoms with Crippen molar-refractivity contribution in [2.24, 2.45) is 29.1 Å². The predicted molar refractivity (Wildman–Crippen MR) is 113 cm³/mol. The van der Waals surface area contributed by atoms with Crippen LogP contribution in [-0.4, -0.2) is 5.78 Å². The summed E-state index contributed by atoms with van der Waals surface area (Å²) in [6, 6.07) is 21.6. The van der Waals surface area contributed by atoms with Gasteiger partial charge in [-0.05, 0) is 65.7 Å². The van der Waals surface area contributed by atoms with Crippen LogP contribution in [0.2, 0.25) is 0 Å². The number of rotatable bonds is 2. The fourth-order valence-corrected chi connectivity index (χ4v) is 7.61. The second-order valence-corrected chi connectivity index (χ2v) is 9.41. The van der Waals surface area contributed by atoms with Crippen LogP contribution in [0, 0.1) is 29.1 Å². The van der Waals surface area contributed by atoms with E-state index in [9.17, 15) is 4.79 Å². The number of carbonyl (C=O) groups is 1. The molecule has 2 saturated carbocycles. The SMILES string of the molecule is CC1=C(c2ccccc2)[C@@]2(c3ccccc3)[C@H]3C=C[C@H]([C@H]4CC[C@@H]43)[C@]2(C)C1=O. The van der Waals surface area contributed by atoms with Crippen LogP contribution in [0.4, 0.5) is 0 Å². The van der Waals surface area contributed by atoms with Crippen LogP contribution in [0.25, 0.3) is 5.57 Å². The predicted octanol–water partition coefficient (Wildman–Crippen LogP) is 5.83. The summed E-state index contributed by atoms with van der Waals surface area (Å²) >= 11 is 0. The first-order valence-electron chi connectivity index (χ1n) is 10.7. The molecular formula is C27H26O. The summed E-state index contributed by atoms with van der Waals surface area (Å²) in [5.74, 6) is 2.52. The molecule has 0 aromatic heterocycles. The summed E-state index contributed by atoms with van der Waals surface area (Å²) < 4.78 is 0. The highest BCUT2D eigenvalue weighted by atomic mass is 16.1. The van der Waals surface area contributed by atoms with Crippen LogP contribution in [0.3, 0.4) is 0 Å². The average Bonchev–Trinajstić information content (AvgIpc) is 2.90. The molecule has 2 aromatic carbocycles. The fraction of sp³-hybridized carbons (Fsp3) is 0.370. The van der Waals surface area contributed by atoms with Gasteiger partial charge in [0.25, 0.3) is 0 Å². The van der Waals surface area contributed by atoms with E-state index in [0.29, 0.717) is 29.5 Å². The highest BCUT2D eigenvalue weighted by Crippen LogP contribution is 2.76. The van der Waals surface area contributed by atoms with Gasteiger partial charge in [-0.15, -0.1) is 0 Å². The molecule has 0 amide bonds. The number of Topliss-reactive ketones (excluding diaryl/α,β-unsaturated/α-hetero) is 1. The van der Waals surface area contributed by atoms with Gasteiger partial charge in [0.05, 0.1) is 5.41 Å². The molecular weight excluding hydrogens is 340 g/mol. The van der Waals surface area contributed by atoms with Gasteiger partial charge in [0, 0.05) is 5.41 Å². The first-order valence-corrected chi connectivity index (χ1v) is 10.7. The Morgan fingerprint density at radius 1 is 0.821 bits per heavy atom. The average molecular weight is 367 g/mol. The Morgan fingerprint density at radius 3 is 2.04 bits per heavy atom. The zero-order chi connectivity index (χ0) is 19.1. The Balaban J connectivity index is 1.73. The fourth-order valence-electron chi connectivity index (χ4n) is 7.61. The minimum absolute atomic E-state index is 0.252. The zero-order valence-electron chi connectivity index (χ0n) is 16.6. The minimum Gasteiger partial charge on any atom is -0.294 e. The summed E-state index contributed by atoms with van der Waals surface area (Å²) in [4.78, 5) is 14.0. The van der Waals surface area contributed by atoms with Crippen LogP contribution in [0.5, 0.6) is 0 Å². The molecule has 5 aliphatic rings. The summed E-state index contributed by atoms with van der Waals surface area (Å²) in [6.45, 7) is 4.37. The van der Waals surface area contributed by atoms with Crippen LogP contribution < -0.4 is 0 Å². The first kappa shape index (κ1) is 16.5.